The summed E-state index contributed by atoms with van der Waals surface area (Å²) in [5, 5.41) is 7.25. The van der Waals surface area contributed by atoms with Gasteiger partial charge in [-0.3, -0.25) is 4.90 Å². The molecule has 6 heteroatoms. The van der Waals surface area contributed by atoms with Gasteiger partial charge in [-0.05, 0) is 43.2 Å². The van der Waals surface area contributed by atoms with Crippen LogP contribution in [0.2, 0.25) is 0 Å². The number of thiophene rings is 1. The summed E-state index contributed by atoms with van der Waals surface area (Å²) in [5.41, 5.74) is 1.37. The molecule has 2 heterocycles. The fraction of sp³-hybridized carbons (Fsp3) is 0.688. The zero-order valence-corrected chi connectivity index (χ0v) is 14.6. The number of piperazine rings is 1. The molecule has 0 radical (unpaired) electrons. The van der Waals surface area contributed by atoms with Gasteiger partial charge < -0.3 is 15.0 Å². The maximum Gasteiger partial charge on any atom is 0.317 e. The molecule has 1 aliphatic rings. The van der Waals surface area contributed by atoms with Gasteiger partial charge in [0.2, 0.25) is 0 Å². The van der Waals surface area contributed by atoms with E-state index in [2.05, 4.69) is 34.0 Å². The van der Waals surface area contributed by atoms with Crippen LogP contribution >= 0.6 is 11.3 Å². The minimum absolute atomic E-state index is 0.0233. The predicted octanol–water partition coefficient (Wildman–Crippen LogP) is 2.56. The highest BCUT2D eigenvalue weighted by molar-refractivity contribution is 7.07. The van der Waals surface area contributed by atoms with Gasteiger partial charge in [0, 0.05) is 38.8 Å². The number of hydrogen-bond donors (Lipinski definition) is 1. The number of nitrogens with one attached hydrogen (secondary N) is 1. The Hall–Kier alpha value is -1.11. The normalized spacial score (nSPS) is 17.7. The van der Waals surface area contributed by atoms with E-state index < -0.39 is 0 Å². The molecule has 22 heavy (non-hydrogen) atoms. The maximum atomic E-state index is 12.1. The van der Waals surface area contributed by atoms with E-state index in [0.29, 0.717) is 19.2 Å². The highest BCUT2D eigenvalue weighted by atomic mass is 32.1. The van der Waals surface area contributed by atoms with Crippen LogP contribution in [-0.4, -0.2) is 61.3 Å². The first-order valence-electron chi connectivity index (χ1n) is 7.98. The van der Waals surface area contributed by atoms with Crippen molar-refractivity contribution in [2.24, 2.45) is 0 Å². The summed E-state index contributed by atoms with van der Waals surface area (Å²) in [7, 11) is 0. The van der Waals surface area contributed by atoms with Crippen molar-refractivity contribution in [3.8, 4) is 0 Å². The molecule has 1 saturated heterocycles. The zero-order valence-electron chi connectivity index (χ0n) is 13.7. The van der Waals surface area contributed by atoms with Gasteiger partial charge in [-0.1, -0.05) is 0 Å². The minimum Gasteiger partial charge on any atom is -0.377 e. The van der Waals surface area contributed by atoms with Crippen molar-refractivity contribution in [2.45, 2.75) is 32.9 Å². The largest absolute Gasteiger partial charge is 0.377 e. The second kappa shape index (κ2) is 8.50. The van der Waals surface area contributed by atoms with E-state index in [0.717, 1.165) is 26.2 Å². The minimum atomic E-state index is 0.0233. The van der Waals surface area contributed by atoms with Crippen LogP contribution in [0.15, 0.2) is 16.8 Å². The molecule has 1 aliphatic heterocycles. The molecule has 5 nitrogen and oxygen atoms in total. The average Bonchev–Trinajstić information content (AvgIpc) is 3.05. The Kier molecular flexibility index (Phi) is 6.67. The van der Waals surface area contributed by atoms with Gasteiger partial charge in [0.05, 0.1) is 12.7 Å². The van der Waals surface area contributed by atoms with Gasteiger partial charge in [-0.2, -0.15) is 11.3 Å². The topological polar surface area (TPSA) is 44.8 Å². The summed E-state index contributed by atoms with van der Waals surface area (Å²) in [5.74, 6) is 0. The van der Waals surface area contributed by atoms with Crippen LogP contribution in [0, 0.1) is 0 Å². The highest BCUT2D eigenvalue weighted by Gasteiger charge is 2.24. The molecule has 0 aliphatic carbocycles. The molecule has 124 valence electrons. The van der Waals surface area contributed by atoms with E-state index in [1.54, 1.807) is 11.3 Å². The molecule has 1 atom stereocenters. The second-order valence-electron chi connectivity index (χ2n) is 5.91. The number of carbonyl (C=O) groups is 1. The van der Waals surface area contributed by atoms with Crippen molar-refractivity contribution in [3.05, 3.63) is 22.4 Å². The predicted molar refractivity (Wildman–Crippen MR) is 90.4 cm³/mol. The maximum absolute atomic E-state index is 12.1. The molecular weight excluding hydrogens is 298 g/mol. The smallest absolute Gasteiger partial charge is 0.317 e. The van der Waals surface area contributed by atoms with E-state index in [1.807, 2.05) is 18.7 Å². The van der Waals surface area contributed by atoms with E-state index in [-0.39, 0.29) is 12.1 Å². The molecule has 1 fully saturated rings. The first-order valence-corrected chi connectivity index (χ1v) is 8.92. The molecule has 2 amide bonds. The number of urea groups is 1. The SMILES string of the molecule is CC(C)OCCNC(=O)N1CCN([C@@H](C)c2ccsc2)CC1. The van der Waals surface area contributed by atoms with Gasteiger partial charge in [0.15, 0.2) is 0 Å². The van der Waals surface area contributed by atoms with Gasteiger partial charge in [-0.25, -0.2) is 4.79 Å². The monoisotopic (exact) mass is 325 g/mol. The van der Waals surface area contributed by atoms with Crippen LogP contribution in [0.4, 0.5) is 4.79 Å². The number of nitrogens with zero attached hydrogens (tertiary/aromatic N) is 2. The Balaban J connectivity index is 1.69. The van der Waals surface area contributed by atoms with Crippen LogP contribution in [0.3, 0.4) is 0 Å². The van der Waals surface area contributed by atoms with Crippen molar-refractivity contribution < 1.29 is 9.53 Å². The molecule has 1 aromatic heterocycles. The lowest BCUT2D eigenvalue weighted by Gasteiger charge is -2.37. The number of rotatable bonds is 6. The van der Waals surface area contributed by atoms with Gasteiger partial charge in [0.25, 0.3) is 0 Å². The lowest BCUT2D eigenvalue weighted by molar-refractivity contribution is 0.0785. The Morgan fingerprint density at radius 2 is 2.05 bits per heavy atom. The second-order valence-corrected chi connectivity index (χ2v) is 6.69. The fourth-order valence-corrected chi connectivity index (χ4v) is 3.35. The summed E-state index contributed by atoms with van der Waals surface area (Å²) < 4.78 is 5.43. The molecule has 1 aromatic rings. The highest BCUT2D eigenvalue weighted by Crippen LogP contribution is 2.23. The van der Waals surface area contributed by atoms with Gasteiger partial charge >= 0.3 is 6.03 Å². The zero-order chi connectivity index (χ0) is 15.9. The molecule has 0 unspecified atom stereocenters. The van der Waals surface area contributed by atoms with Crippen LogP contribution < -0.4 is 5.32 Å². The Morgan fingerprint density at radius 1 is 1.32 bits per heavy atom. The molecule has 0 spiro atoms. The standard InChI is InChI=1S/C16H27N3O2S/c1-13(2)21-10-5-17-16(20)19-8-6-18(7-9-19)14(3)15-4-11-22-12-15/h4,11-14H,5-10H2,1-3H3,(H,17,20)/t14-/m0/s1. The summed E-state index contributed by atoms with van der Waals surface area (Å²) >= 11 is 1.74. The fourth-order valence-electron chi connectivity index (χ4n) is 2.60. The summed E-state index contributed by atoms with van der Waals surface area (Å²) in [6.07, 6.45) is 0.207. The van der Waals surface area contributed by atoms with Crippen LogP contribution in [0.25, 0.3) is 0 Å². The van der Waals surface area contributed by atoms with Gasteiger partial charge in [0.1, 0.15) is 0 Å². The molecular formula is C16H27N3O2S. The third kappa shape index (κ3) is 4.97. The number of amides is 2. The molecule has 0 saturated carbocycles. The molecule has 2 rings (SSSR count). The van der Waals surface area contributed by atoms with Crippen molar-refractivity contribution in [1.29, 1.82) is 0 Å². The third-order valence-electron chi connectivity index (χ3n) is 4.00. The van der Waals surface area contributed by atoms with E-state index >= 15 is 0 Å². The van der Waals surface area contributed by atoms with Gasteiger partial charge in [-0.15, -0.1) is 0 Å². The molecule has 1 N–H and O–H groups in total. The van der Waals surface area contributed by atoms with E-state index in [1.165, 1.54) is 5.56 Å². The van der Waals surface area contributed by atoms with Crippen LogP contribution in [0.5, 0.6) is 0 Å². The molecule has 0 bridgehead atoms. The van der Waals surface area contributed by atoms with Crippen LogP contribution in [0.1, 0.15) is 32.4 Å². The number of carbonyl (C=O) groups excluding carboxylic acids is 1. The Labute approximate surface area is 137 Å². The van der Waals surface area contributed by atoms with Crippen molar-refractivity contribution in [3.63, 3.8) is 0 Å². The third-order valence-corrected chi connectivity index (χ3v) is 4.71. The first-order chi connectivity index (χ1) is 10.6. The number of ether oxygens (including phenoxy) is 1. The Morgan fingerprint density at radius 3 is 2.64 bits per heavy atom. The van der Waals surface area contributed by atoms with E-state index in [4.69, 9.17) is 4.74 Å². The lowest BCUT2D eigenvalue weighted by Crippen LogP contribution is -2.52. The van der Waals surface area contributed by atoms with Crippen LogP contribution in [-0.2, 0) is 4.74 Å². The first kappa shape index (κ1) is 17.2. The summed E-state index contributed by atoms with van der Waals surface area (Å²) in [6.45, 7) is 10.8. The summed E-state index contributed by atoms with van der Waals surface area (Å²) in [6, 6.07) is 2.63. The van der Waals surface area contributed by atoms with Crippen molar-refractivity contribution in [1.82, 2.24) is 15.1 Å². The number of hydrogen-bond acceptors (Lipinski definition) is 4. The van der Waals surface area contributed by atoms with Crippen molar-refractivity contribution in [2.75, 3.05) is 39.3 Å². The quantitative estimate of drug-likeness (QED) is 0.818. The molecule has 0 aromatic carbocycles. The van der Waals surface area contributed by atoms with Crippen molar-refractivity contribution >= 4 is 17.4 Å². The Bertz CT molecular complexity index is 442. The average molecular weight is 325 g/mol. The summed E-state index contributed by atoms with van der Waals surface area (Å²) in [4.78, 5) is 16.4. The lowest BCUT2D eigenvalue weighted by atomic mass is 10.1. The van der Waals surface area contributed by atoms with E-state index in [9.17, 15) is 4.79 Å².